The molecule has 1 aliphatic rings. The molecule has 0 amide bonds. The van der Waals surface area contributed by atoms with Crippen LogP contribution in [0.4, 0.5) is 0 Å². The summed E-state index contributed by atoms with van der Waals surface area (Å²) in [5.41, 5.74) is 0.752. The van der Waals surface area contributed by atoms with Crippen molar-refractivity contribution in [1.82, 2.24) is 14.8 Å². The van der Waals surface area contributed by atoms with Crippen molar-refractivity contribution in [2.45, 2.75) is 44.2 Å². The predicted molar refractivity (Wildman–Crippen MR) is 77.7 cm³/mol. The third-order valence-corrected chi connectivity index (χ3v) is 4.17. The normalized spacial score (nSPS) is 18.1. The third-order valence-electron chi connectivity index (χ3n) is 3.93. The maximum atomic E-state index is 10.5. The molecule has 1 atom stereocenters. The molecule has 0 radical (unpaired) electrons. The summed E-state index contributed by atoms with van der Waals surface area (Å²) in [6, 6.07) is 7.61. The number of hydrogen-bond acceptors (Lipinski definition) is 3. The van der Waals surface area contributed by atoms with Gasteiger partial charge in [0.25, 0.3) is 0 Å². The lowest BCUT2D eigenvalue weighted by Gasteiger charge is -2.24. The summed E-state index contributed by atoms with van der Waals surface area (Å²) >= 11 is 5.98. The molecule has 2 aromatic rings. The second kappa shape index (κ2) is 5.94. The Kier molecular flexibility index (Phi) is 4.03. The number of halogens is 1. The highest BCUT2D eigenvalue weighted by atomic mass is 35.5. The molecule has 0 unspecified atom stereocenters. The fourth-order valence-electron chi connectivity index (χ4n) is 2.89. The van der Waals surface area contributed by atoms with E-state index in [1.165, 1.54) is 25.6 Å². The Bertz CT molecular complexity index is 578. The minimum Gasteiger partial charge on any atom is -0.380 e. The van der Waals surface area contributed by atoms with Gasteiger partial charge in [-0.2, -0.15) is 5.10 Å². The molecule has 1 aromatic carbocycles. The van der Waals surface area contributed by atoms with Gasteiger partial charge in [0, 0.05) is 5.02 Å². The van der Waals surface area contributed by atoms with Gasteiger partial charge in [0.15, 0.2) is 5.82 Å². The van der Waals surface area contributed by atoms with Crippen LogP contribution in [0.2, 0.25) is 5.02 Å². The summed E-state index contributed by atoms with van der Waals surface area (Å²) in [5, 5.41) is 15.5. The Labute approximate surface area is 123 Å². The monoisotopic (exact) mass is 291 g/mol. The second-order valence-electron chi connectivity index (χ2n) is 5.31. The van der Waals surface area contributed by atoms with Crippen LogP contribution in [0.1, 0.15) is 55.6 Å². The molecule has 0 saturated heterocycles. The molecule has 1 N–H and O–H groups in total. The summed E-state index contributed by atoms with van der Waals surface area (Å²) in [5.74, 6) is 0.610. The van der Waals surface area contributed by atoms with Crippen molar-refractivity contribution in [2.24, 2.45) is 0 Å². The molecule has 0 aliphatic heterocycles. The number of rotatable bonds is 3. The quantitative estimate of drug-likeness (QED) is 0.941. The van der Waals surface area contributed by atoms with Gasteiger partial charge in [0.05, 0.1) is 6.04 Å². The Balaban J connectivity index is 1.88. The van der Waals surface area contributed by atoms with Gasteiger partial charge in [-0.1, -0.05) is 43.0 Å². The number of aliphatic hydroxyl groups excluding tert-OH is 1. The van der Waals surface area contributed by atoms with Gasteiger partial charge in [0.2, 0.25) is 0 Å². The SMILES string of the molecule is O[C@H](c1cccc(Cl)c1)c1ncnn1C1CCCCC1. The smallest absolute Gasteiger partial charge is 0.160 e. The lowest BCUT2D eigenvalue weighted by atomic mass is 9.95. The predicted octanol–water partition coefficient (Wildman–Crippen LogP) is 3.52. The molecule has 106 valence electrons. The van der Waals surface area contributed by atoms with Gasteiger partial charge < -0.3 is 5.11 Å². The van der Waals surface area contributed by atoms with E-state index in [-0.39, 0.29) is 0 Å². The first-order valence-corrected chi connectivity index (χ1v) is 7.46. The first-order valence-electron chi connectivity index (χ1n) is 7.08. The molecule has 4 nitrogen and oxygen atoms in total. The van der Waals surface area contributed by atoms with E-state index in [0.29, 0.717) is 16.9 Å². The minimum absolute atomic E-state index is 0.357. The number of aromatic nitrogens is 3. The lowest BCUT2D eigenvalue weighted by molar-refractivity contribution is 0.192. The average Bonchev–Trinajstić information content (AvgIpc) is 2.97. The van der Waals surface area contributed by atoms with Crippen molar-refractivity contribution in [3.05, 3.63) is 47.0 Å². The van der Waals surface area contributed by atoms with Gasteiger partial charge in [0.1, 0.15) is 12.4 Å². The Morgan fingerprint density at radius 3 is 2.80 bits per heavy atom. The van der Waals surface area contributed by atoms with Gasteiger partial charge in [-0.25, -0.2) is 9.67 Å². The van der Waals surface area contributed by atoms with Crippen LogP contribution in [0.3, 0.4) is 0 Å². The summed E-state index contributed by atoms with van der Waals surface area (Å²) < 4.78 is 1.89. The Morgan fingerprint density at radius 1 is 1.25 bits per heavy atom. The van der Waals surface area contributed by atoms with E-state index in [1.807, 2.05) is 16.8 Å². The molecule has 20 heavy (non-hydrogen) atoms. The maximum absolute atomic E-state index is 10.5. The van der Waals surface area contributed by atoms with Crippen molar-refractivity contribution in [3.8, 4) is 0 Å². The van der Waals surface area contributed by atoms with Crippen molar-refractivity contribution < 1.29 is 5.11 Å². The van der Waals surface area contributed by atoms with E-state index >= 15 is 0 Å². The van der Waals surface area contributed by atoms with Gasteiger partial charge in [-0.05, 0) is 30.5 Å². The molecule has 5 heteroatoms. The average molecular weight is 292 g/mol. The number of aliphatic hydroxyl groups is 1. The van der Waals surface area contributed by atoms with Gasteiger partial charge in [-0.15, -0.1) is 0 Å². The second-order valence-corrected chi connectivity index (χ2v) is 5.75. The van der Waals surface area contributed by atoms with Crippen molar-refractivity contribution >= 4 is 11.6 Å². The summed E-state index contributed by atoms with van der Waals surface area (Å²) in [6.45, 7) is 0. The van der Waals surface area contributed by atoms with Gasteiger partial charge in [-0.3, -0.25) is 0 Å². The molecule has 1 fully saturated rings. The van der Waals surface area contributed by atoms with Crippen LogP contribution in [-0.4, -0.2) is 19.9 Å². The molecule has 0 spiro atoms. The number of nitrogens with zero attached hydrogens (tertiary/aromatic N) is 3. The highest BCUT2D eigenvalue weighted by Gasteiger charge is 2.23. The Hall–Kier alpha value is -1.39. The van der Waals surface area contributed by atoms with E-state index in [0.717, 1.165) is 18.4 Å². The molecule has 1 saturated carbocycles. The topological polar surface area (TPSA) is 50.9 Å². The summed E-state index contributed by atoms with van der Waals surface area (Å²) in [4.78, 5) is 4.26. The largest absolute Gasteiger partial charge is 0.380 e. The van der Waals surface area contributed by atoms with E-state index in [4.69, 9.17) is 11.6 Å². The van der Waals surface area contributed by atoms with Crippen LogP contribution in [0.15, 0.2) is 30.6 Å². The third kappa shape index (κ3) is 2.72. The first-order chi connectivity index (χ1) is 9.75. The zero-order chi connectivity index (χ0) is 13.9. The van der Waals surface area contributed by atoms with Crippen LogP contribution in [0.5, 0.6) is 0 Å². The summed E-state index contributed by atoms with van der Waals surface area (Å²) in [7, 11) is 0. The maximum Gasteiger partial charge on any atom is 0.160 e. The fraction of sp³-hybridized carbons (Fsp3) is 0.467. The summed E-state index contributed by atoms with van der Waals surface area (Å²) in [6.07, 6.45) is 6.69. The molecule has 0 bridgehead atoms. The van der Waals surface area contributed by atoms with Crippen molar-refractivity contribution in [3.63, 3.8) is 0 Å². The van der Waals surface area contributed by atoms with Crippen LogP contribution in [0.25, 0.3) is 0 Å². The van der Waals surface area contributed by atoms with Crippen molar-refractivity contribution in [2.75, 3.05) is 0 Å². The lowest BCUT2D eigenvalue weighted by Crippen LogP contribution is -2.19. The van der Waals surface area contributed by atoms with Crippen LogP contribution >= 0.6 is 11.6 Å². The van der Waals surface area contributed by atoms with Gasteiger partial charge >= 0.3 is 0 Å². The van der Waals surface area contributed by atoms with Crippen LogP contribution < -0.4 is 0 Å². The fourth-order valence-corrected chi connectivity index (χ4v) is 3.09. The molecule has 1 aliphatic carbocycles. The highest BCUT2D eigenvalue weighted by Crippen LogP contribution is 2.31. The zero-order valence-electron chi connectivity index (χ0n) is 11.2. The van der Waals surface area contributed by atoms with Crippen LogP contribution in [-0.2, 0) is 0 Å². The first kappa shape index (κ1) is 13.6. The van der Waals surface area contributed by atoms with Crippen LogP contribution in [0, 0.1) is 0 Å². The Morgan fingerprint density at radius 2 is 2.05 bits per heavy atom. The standard InChI is InChI=1S/C15H18ClN3O/c16-12-6-4-5-11(9-12)14(20)15-17-10-18-19(15)13-7-2-1-3-8-13/h4-6,9-10,13-14,20H,1-3,7-8H2/t14-/m1/s1. The van der Waals surface area contributed by atoms with Crippen molar-refractivity contribution in [1.29, 1.82) is 0 Å². The molecule has 1 aromatic heterocycles. The minimum atomic E-state index is -0.780. The number of benzene rings is 1. The van der Waals surface area contributed by atoms with E-state index in [2.05, 4.69) is 10.1 Å². The molecule has 3 rings (SSSR count). The molecular weight excluding hydrogens is 274 g/mol. The van der Waals surface area contributed by atoms with E-state index in [9.17, 15) is 5.11 Å². The number of hydrogen-bond donors (Lipinski definition) is 1. The molecule has 1 heterocycles. The van der Waals surface area contributed by atoms with E-state index < -0.39 is 6.10 Å². The van der Waals surface area contributed by atoms with E-state index in [1.54, 1.807) is 12.1 Å². The highest BCUT2D eigenvalue weighted by molar-refractivity contribution is 6.30. The molecular formula is C15H18ClN3O. The zero-order valence-corrected chi connectivity index (χ0v) is 12.0.